The monoisotopic (exact) mass is 435 g/mol. The number of alkyl halides is 3. The lowest BCUT2D eigenvalue weighted by Crippen LogP contribution is -2.51. The maximum Gasteiger partial charge on any atom is 0.416 e. The van der Waals surface area contributed by atoms with E-state index in [4.69, 9.17) is 5.11 Å². The standard InChI is InChI=1S/C17H20F3N3O5S/c18-17(19,20)12-1-3-13(4-2-12)29(28)23-9-7-22(8-10-23)15(25)11-21-14(24)5-6-16(26)27/h1-4H,5-11H2,(H,21,24)(H,26,27). The van der Waals surface area contributed by atoms with Crippen molar-refractivity contribution >= 4 is 28.8 Å². The van der Waals surface area contributed by atoms with Gasteiger partial charge in [0.1, 0.15) is 11.0 Å². The first kappa shape index (κ1) is 22.8. The van der Waals surface area contributed by atoms with Crippen LogP contribution in [0.5, 0.6) is 0 Å². The predicted octanol–water partition coefficient (Wildman–Crippen LogP) is 0.853. The van der Waals surface area contributed by atoms with Crippen molar-refractivity contribution in [1.82, 2.24) is 14.5 Å². The Kier molecular flexibility index (Phi) is 7.73. The molecule has 2 amide bonds. The fourth-order valence-corrected chi connectivity index (χ4v) is 3.77. The number of carbonyl (C=O) groups is 3. The maximum atomic E-state index is 12.6. The molecule has 0 aromatic heterocycles. The van der Waals surface area contributed by atoms with Crippen molar-refractivity contribution in [2.75, 3.05) is 32.7 Å². The number of rotatable bonds is 7. The van der Waals surface area contributed by atoms with Gasteiger partial charge in [-0.05, 0) is 24.3 Å². The molecule has 0 saturated carbocycles. The van der Waals surface area contributed by atoms with E-state index in [1.165, 1.54) is 17.0 Å². The van der Waals surface area contributed by atoms with E-state index in [9.17, 15) is 31.8 Å². The third kappa shape index (κ3) is 6.82. The molecule has 1 aromatic rings. The van der Waals surface area contributed by atoms with Crippen LogP contribution in [-0.2, 0) is 31.5 Å². The van der Waals surface area contributed by atoms with E-state index in [1.807, 2.05) is 0 Å². The minimum Gasteiger partial charge on any atom is -0.481 e. The lowest BCUT2D eigenvalue weighted by molar-refractivity contribution is -0.139. The molecule has 160 valence electrons. The van der Waals surface area contributed by atoms with Gasteiger partial charge in [-0.1, -0.05) is 0 Å². The molecular weight excluding hydrogens is 415 g/mol. The van der Waals surface area contributed by atoms with E-state index < -0.39 is 34.6 Å². The number of hydrogen-bond donors (Lipinski definition) is 2. The highest BCUT2D eigenvalue weighted by Gasteiger charge is 2.31. The first-order valence-electron chi connectivity index (χ1n) is 8.68. The second kappa shape index (κ2) is 9.83. The smallest absolute Gasteiger partial charge is 0.416 e. The lowest BCUT2D eigenvalue weighted by Gasteiger charge is -2.33. The van der Waals surface area contributed by atoms with Gasteiger partial charge in [-0.3, -0.25) is 14.4 Å². The van der Waals surface area contributed by atoms with Crippen LogP contribution in [0.25, 0.3) is 0 Å². The maximum absolute atomic E-state index is 12.6. The zero-order valence-corrected chi connectivity index (χ0v) is 16.1. The number of amides is 2. The van der Waals surface area contributed by atoms with E-state index in [0.29, 0.717) is 0 Å². The molecule has 12 heteroatoms. The van der Waals surface area contributed by atoms with Crippen molar-refractivity contribution in [2.45, 2.75) is 23.9 Å². The number of carbonyl (C=O) groups excluding carboxylic acids is 2. The first-order chi connectivity index (χ1) is 13.6. The third-order valence-corrected chi connectivity index (χ3v) is 5.72. The molecule has 0 spiro atoms. The van der Waals surface area contributed by atoms with Crippen LogP contribution in [-0.4, -0.2) is 69.0 Å². The van der Waals surface area contributed by atoms with Crippen LogP contribution in [0.4, 0.5) is 13.2 Å². The third-order valence-electron chi connectivity index (χ3n) is 4.21. The summed E-state index contributed by atoms with van der Waals surface area (Å²) in [5.74, 6) is -2.00. The minimum absolute atomic E-state index is 0.220. The van der Waals surface area contributed by atoms with Crippen molar-refractivity contribution in [3.05, 3.63) is 29.8 Å². The molecule has 1 aliphatic rings. The first-order valence-corrected chi connectivity index (χ1v) is 9.79. The molecule has 0 bridgehead atoms. The molecule has 1 atom stereocenters. The van der Waals surface area contributed by atoms with Gasteiger partial charge in [0.2, 0.25) is 11.8 Å². The zero-order valence-electron chi connectivity index (χ0n) is 15.3. The largest absolute Gasteiger partial charge is 0.481 e. The Balaban J connectivity index is 1.80. The van der Waals surface area contributed by atoms with Gasteiger partial charge in [-0.15, -0.1) is 0 Å². The lowest BCUT2D eigenvalue weighted by atomic mass is 10.2. The quantitative estimate of drug-likeness (QED) is 0.661. The number of piperazine rings is 1. The van der Waals surface area contributed by atoms with Crippen LogP contribution in [0.2, 0.25) is 0 Å². The van der Waals surface area contributed by atoms with Crippen molar-refractivity contribution in [3.8, 4) is 0 Å². The SMILES string of the molecule is O=C(O)CCC(=O)NCC(=O)N1CCN(S(=O)c2ccc(C(F)(F)F)cc2)CC1. The molecule has 1 fully saturated rings. The molecule has 1 unspecified atom stereocenters. The summed E-state index contributed by atoms with van der Waals surface area (Å²) in [6.45, 7) is 0.742. The summed E-state index contributed by atoms with van der Waals surface area (Å²) in [7, 11) is -1.65. The molecule has 1 heterocycles. The number of nitrogens with zero attached hydrogens (tertiary/aromatic N) is 2. The highest BCUT2D eigenvalue weighted by atomic mass is 32.2. The van der Waals surface area contributed by atoms with Gasteiger partial charge >= 0.3 is 12.1 Å². The molecule has 0 aliphatic carbocycles. The molecule has 1 aromatic carbocycles. The molecule has 2 N–H and O–H groups in total. The second-order valence-corrected chi connectivity index (χ2v) is 7.74. The summed E-state index contributed by atoms with van der Waals surface area (Å²) in [5, 5.41) is 10.9. The summed E-state index contributed by atoms with van der Waals surface area (Å²) >= 11 is 0. The number of benzene rings is 1. The summed E-state index contributed by atoms with van der Waals surface area (Å²) in [4.78, 5) is 35.7. The number of halogens is 3. The number of nitrogens with one attached hydrogen (secondary N) is 1. The number of aliphatic carboxylic acids is 1. The Morgan fingerprint density at radius 1 is 1.03 bits per heavy atom. The Morgan fingerprint density at radius 2 is 1.62 bits per heavy atom. The van der Waals surface area contributed by atoms with Gasteiger partial charge in [-0.25, -0.2) is 8.51 Å². The van der Waals surface area contributed by atoms with Gasteiger partial charge in [0.15, 0.2) is 0 Å². The molecule has 8 nitrogen and oxygen atoms in total. The Morgan fingerprint density at radius 3 is 2.14 bits per heavy atom. The van der Waals surface area contributed by atoms with E-state index in [0.717, 1.165) is 12.1 Å². The predicted molar refractivity (Wildman–Crippen MR) is 95.9 cm³/mol. The fourth-order valence-electron chi connectivity index (χ4n) is 2.61. The zero-order chi connectivity index (χ0) is 21.6. The van der Waals surface area contributed by atoms with Gasteiger partial charge in [0.25, 0.3) is 0 Å². The summed E-state index contributed by atoms with van der Waals surface area (Å²) in [5.41, 5.74) is -0.820. The van der Waals surface area contributed by atoms with Crippen molar-refractivity contribution in [3.63, 3.8) is 0 Å². The van der Waals surface area contributed by atoms with Crippen molar-refractivity contribution in [1.29, 1.82) is 0 Å². The van der Waals surface area contributed by atoms with Crippen LogP contribution in [0, 0.1) is 0 Å². The van der Waals surface area contributed by atoms with E-state index in [-0.39, 0.29) is 56.4 Å². The normalized spacial score (nSPS) is 16.3. The Hall–Kier alpha value is -2.47. The van der Waals surface area contributed by atoms with Crippen LogP contribution >= 0.6 is 0 Å². The summed E-state index contributed by atoms with van der Waals surface area (Å²) in [6.07, 6.45) is -5.01. The van der Waals surface area contributed by atoms with E-state index in [2.05, 4.69) is 5.32 Å². The molecule has 29 heavy (non-hydrogen) atoms. The highest BCUT2D eigenvalue weighted by molar-refractivity contribution is 7.82. The summed E-state index contributed by atoms with van der Waals surface area (Å²) < 4.78 is 51.9. The Labute approximate surface area is 167 Å². The molecule has 1 saturated heterocycles. The van der Waals surface area contributed by atoms with Crippen LogP contribution < -0.4 is 5.32 Å². The fraction of sp³-hybridized carbons (Fsp3) is 0.471. The van der Waals surface area contributed by atoms with Crippen LogP contribution in [0.1, 0.15) is 18.4 Å². The summed E-state index contributed by atoms with van der Waals surface area (Å²) in [6, 6.07) is 4.09. The van der Waals surface area contributed by atoms with Gasteiger partial charge in [0.05, 0.1) is 23.4 Å². The topological polar surface area (TPSA) is 107 Å². The van der Waals surface area contributed by atoms with E-state index in [1.54, 1.807) is 4.31 Å². The molecule has 0 radical (unpaired) electrons. The minimum atomic E-state index is -4.46. The Bertz CT molecular complexity index is 778. The van der Waals surface area contributed by atoms with Crippen molar-refractivity contribution < 1.29 is 36.9 Å². The van der Waals surface area contributed by atoms with Crippen LogP contribution in [0.15, 0.2) is 29.2 Å². The van der Waals surface area contributed by atoms with E-state index >= 15 is 0 Å². The molecular formula is C17H20F3N3O5S. The van der Waals surface area contributed by atoms with Gasteiger partial charge in [-0.2, -0.15) is 13.2 Å². The second-order valence-electron chi connectivity index (χ2n) is 6.25. The molecule has 1 aliphatic heterocycles. The average Bonchev–Trinajstić information content (AvgIpc) is 2.69. The highest BCUT2D eigenvalue weighted by Crippen LogP contribution is 2.29. The van der Waals surface area contributed by atoms with Gasteiger partial charge < -0.3 is 15.3 Å². The van der Waals surface area contributed by atoms with Crippen LogP contribution in [0.3, 0.4) is 0 Å². The van der Waals surface area contributed by atoms with Gasteiger partial charge in [0, 0.05) is 32.6 Å². The van der Waals surface area contributed by atoms with Crippen molar-refractivity contribution in [2.24, 2.45) is 0 Å². The number of hydrogen-bond acceptors (Lipinski definition) is 4. The number of carboxylic acids is 1. The molecule has 2 rings (SSSR count). The number of carboxylic acid groups (broad SMARTS) is 1. The average molecular weight is 435 g/mol.